The van der Waals surface area contributed by atoms with E-state index in [1.165, 1.54) is 0 Å². The Morgan fingerprint density at radius 3 is 2.65 bits per heavy atom. The van der Waals surface area contributed by atoms with E-state index in [4.69, 9.17) is 0 Å². The van der Waals surface area contributed by atoms with Gasteiger partial charge in [-0.25, -0.2) is 4.98 Å². The molecule has 104 valence electrons. The normalized spacial score (nSPS) is 10.2. The van der Waals surface area contributed by atoms with Gasteiger partial charge in [-0.15, -0.1) is 0 Å². The van der Waals surface area contributed by atoms with Gasteiger partial charge in [0.15, 0.2) is 0 Å². The highest BCUT2D eigenvalue weighted by atomic mass is 79.9. The molecule has 2 rings (SSSR count). The fraction of sp³-hybridized carbons (Fsp3) is 0.143. The van der Waals surface area contributed by atoms with Crippen molar-refractivity contribution in [2.24, 2.45) is 0 Å². The standard InChI is InChI=1S/C14H13Br2N3O/c1-8-3-4-12(11(16)5-8)19-14(20)10-6-9(15)7-18-13(10)17-2/h3-7H,1-2H3,(H,17,18)(H,19,20). The number of amides is 1. The lowest BCUT2D eigenvalue weighted by Gasteiger charge is -2.11. The van der Waals surface area contributed by atoms with Crippen molar-refractivity contribution in [2.45, 2.75) is 6.92 Å². The van der Waals surface area contributed by atoms with Gasteiger partial charge in [-0.1, -0.05) is 6.07 Å². The first-order chi connectivity index (χ1) is 9.51. The van der Waals surface area contributed by atoms with Crippen molar-refractivity contribution in [1.29, 1.82) is 0 Å². The largest absolute Gasteiger partial charge is 0.372 e. The first-order valence-electron chi connectivity index (χ1n) is 5.92. The summed E-state index contributed by atoms with van der Waals surface area (Å²) in [7, 11) is 1.73. The van der Waals surface area contributed by atoms with Crippen LogP contribution >= 0.6 is 31.9 Å². The van der Waals surface area contributed by atoms with Crippen LogP contribution in [0.3, 0.4) is 0 Å². The third-order valence-corrected chi connectivity index (χ3v) is 3.80. The van der Waals surface area contributed by atoms with Gasteiger partial charge in [0.25, 0.3) is 5.91 Å². The van der Waals surface area contributed by atoms with Crippen LogP contribution in [0.25, 0.3) is 0 Å². The minimum atomic E-state index is -0.215. The van der Waals surface area contributed by atoms with Crippen molar-refractivity contribution >= 4 is 49.3 Å². The minimum absolute atomic E-state index is 0.215. The molecule has 0 saturated carbocycles. The number of nitrogens with one attached hydrogen (secondary N) is 2. The minimum Gasteiger partial charge on any atom is -0.372 e. The van der Waals surface area contributed by atoms with Gasteiger partial charge in [-0.3, -0.25) is 4.79 Å². The fourth-order valence-electron chi connectivity index (χ4n) is 1.72. The van der Waals surface area contributed by atoms with Crippen LogP contribution in [-0.2, 0) is 0 Å². The van der Waals surface area contributed by atoms with Gasteiger partial charge in [0.05, 0.1) is 11.3 Å². The quantitative estimate of drug-likeness (QED) is 0.814. The maximum Gasteiger partial charge on any atom is 0.259 e. The number of benzene rings is 1. The molecule has 1 aromatic heterocycles. The van der Waals surface area contributed by atoms with Gasteiger partial charge in [0.1, 0.15) is 5.82 Å². The van der Waals surface area contributed by atoms with Crippen molar-refractivity contribution in [3.63, 3.8) is 0 Å². The molecule has 2 N–H and O–H groups in total. The number of carbonyl (C=O) groups is 1. The predicted octanol–water partition coefficient (Wildman–Crippen LogP) is 4.21. The molecule has 0 unspecified atom stereocenters. The summed E-state index contributed by atoms with van der Waals surface area (Å²) in [5.41, 5.74) is 2.33. The molecule has 0 bridgehead atoms. The van der Waals surface area contributed by atoms with Gasteiger partial charge >= 0.3 is 0 Å². The van der Waals surface area contributed by atoms with Crippen LogP contribution in [0.2, 0.25) is 0 Å². The van der Waals surface area contributed by atoms with Crippen LogP contribution in [0.4, 0.5) is 11.5 Å². The van der Waals surface area contributed by atoms with E-state index in [1.807, 2.05) is 25.1 Å². The second-order valence-electron chi connectivity index (χ2n) is 4.24. The summed E-state index contributed by atoms with van der Waals surface area (Å²) in [4.78, 5) is 16.5. The Morgan fingerprint density at radius 2 is 2.00 bits per heavy atom. The number of nitrogens with zero attached hydrogens (tertiary/aromatic N) is 1. The molecule has 4 nitrogen and oxygen atoms in total. The van der Waals surface area contributed by atoms with Crippen LogP contribution in [-0.4, -0.2) is 17.9 Å². The van der Waals surface area contributed by atoms with Gasteiger partial charge in [-0.05, 0) is 62.5 Å². The second-order valence-corrected chi connectivity index (χ2v) is 6.01. The number of hydrogen-bond acceptors (Lipinski definition) is 3. The van der Waals surface area contributed by atoms with Crippen molar-refractivity contribution in [2.75, 3.05) is 17.7 Å². The van der Waals surface area contributed by atoms with Crippen LogP contribution in [0.1, 0.15) is 15.9 Å². The summed E-state index contributed by atoms with van der Waals surface area (Å²) in [6.07, 6.45) is 1.64. The third-order valence-electron chi connectivity index (χ3n) is 2.71. The molecule has 2 aromatic rings. The zero-order valence-electron chi connectivity index (χ0n) is 11.0. The van der Waals surface area contributed by atoms with Gasteiger partial charge in [0.2, 0.25) is 0 Å². The van der Waals surface area contributed by atoms with Crippen molar-refractivity contribution in [3.05, 3.63) is 50.5 Å². The number of aryl methyl sites for hydroxylation is 1. The maximum atomic E-state index is 12.4. The van der Waals surface area contributed by atoms with Crippen molar-refractivity contribution in [1.82, 2.24) is 4.98 Å². The summed E-state index contributed by atoms with van der Waals surface area (Å²) >= 11 is 6.77. The fourth-order valence-corrected chi connectivity index (χ4v) is 2.65. The molecule has 1 heterocycles. The molecule has 0 aliphatic heterocycles. The number of anilines is 2. The molecule has 6 heteroatoms. The van der Waals surface area contributed by atoms with E-state index in [1.54, 1.807) is 19.3 Å². The monoisotopic (exact) mass is 397 g/mol. The van der Waals surface area contributed by atoms with E-state index in [-0.39, 0.29) is 5.91 Å². The second kappa shape index (κ2) is 6.37. The Labute approximate surface area is 134 Å². The summed E-state index contributed by atoms with van der Waals surface area (Å²) in [5, 5.41) is 5.78. The predicted molar refractivity (Wildman–Crippen MR) is 88.3 cm³/mol. The maximum absolute atomic E-state index is 12.4. The van der Waals surface area contributed by atoms with E-state index < -0.39 is 0 Å². The lowest BCUT2D eigenvalue weighted by atomic mass is 10.2. The summed E-state index contributed by atoms with van der Waals surface area (Å²) < 4.78 is 1.60. The average Bonchev–Trinajstić information content (AvgIpc) is 2.41. The molecular weight excluding hydrogens is 386 g/mol. The number of pyridine rings is 1. The highest BCUT2D eigenvalue weighted by Gasteiger charge is 2.14. The molecule has 0 radical (unpaired) electrons. The number of carbonyl (C=O) groups excluding carboxylic acids is 1. The molecule has 20 heavy (non-hydrogen) atoms. The van der Waals surface area contributed by atoms with Crippen LogP contribution in [0, 0.1) is 6.92 Å². The van der Waals surface area contributed by atoms with E-state index >= 15 is 0 Å². The van der Waals surface area contributed by atoms with Crippen LogP contribution < -0.4 is 10.6 Å². The molecule has 1 aromatic carbocycles. The molecular formula is C14H13Br2N3O. The topological polar surface area (TPSA) is 54.0 Å². The summed E-state index contributed by atoms with van der Waals surface area (Å²) in [5.74, 6) is 0.321. The number of hydrogen-bond donors (Lipinski definition) is 2. The summed E-state index contributed by atoms with van der Waals surface area (Å²) in [6.45, 7) is 1.99. The van der Waals surface area contributed by atoms with Crippen molar-refractivity contribution < 1.29 is 4.79 Å². The van der Waals surface area contributed by atoms with E-state index in [2.05, 4.69) is 47.5 Å². The lowest BCUT2D eigenvalue weighted by Crippen LogP contribution is -2.15. The smallest absolute Gasteiger partial charge is 0.259 e. The molecule has 0 atom stereocenters. The van der Waals surface area contributed by atoms with E-state index in [0.717, 1.165) is 20.2 Å². The van der Waals surface area contributed by atoms with Gasteiger partial charge in [0, 0.05) is 22.2 Å². The number of rotatable bonds is 3. The highest BCUT2D eigenvalue weighted by molar-refractivity contribution is 9.10. The van der Waals surface area contributed by atoms with Crippen LogP contribution in [0.15, 0.2) is 39.4 Å². The average molecular weight is 399 g/mol. The van der Waals surface area contributed by atoms with Crippen LogP contribution in [0.5, 0.6) is 0 Å². The number of halogens is 2. The Bertz CT molecular complexity index is 659. The Hall–Kier alpha value is -1.40. The Morgan fingerprint density at radius 1 is 1.25 bits per heavy atom. The zero-order chi connectivity index (χ0) is 14.7. The SMILES string of the molecule is CNc1ncc(Br)cc1C(=O)Nc1ccc(C)cc1Br. The molecule has 0 aliphatic carbocycles. The first kappa shape index (κ1) is 15.0. The molecule has 0 fully saturated rings. The molecule has 0 aliphatic rings. The Balaban J connectivity index is 2.30. The first-order valence-corrected chi connectivity index (χ1v) is 7.50. The van der Waals surface area contributed by atoms with Gasteiger partial charge in [-0.2, -0.15) is 0 Å². The molecule has 0 saturated heterocycles. The van der Waals surface area contributed by atoms with E-state index in [9.17, 15) is 4.79 Å². The molecule has 1 amide bonds. The molecule has 0 spiro atoms. The van der Waals surface area contributed by atoms with Gasteiger partial charge < -0.3 is 10.6 Å². The summed E-state index contributed by atoms with van der Waals surface area (Å²) in [6, 6.07) is 7.49. The third kappa shape index (κ3) is 3.37. The zero-order valence-corrected chi connectivity index (χ0v) is 14.2. The van der Waals surface area contributed by atoms with E-state index in [0.29, 0.717) is 11.4 Å². The highest BCUT2D eigenvalue weighted by Crippen LogP contribution is 2.25. The lowest BCUT2D eigenvalue weighted by molar-refractivity contribution is 0.102. The number of aromatic nitrogens is 1. The van der Waals surface area contributed by atoms with Crippen molar-refractivity contribution in [3.8, 4) is 0 Å². The Kier molecular flexibility index (Phi) is 4.77.